The van der Waals surface area contributed by atoms with Crippen LogP contribution in [-0.4, -0.2) is 70.7 Å². The molecule has 1 spiro atoms. The molecule has 3 saturated heterocycles. The molecule has 0 radical (unpaired) electrons. The van der Waals surface area contributed by atoms with Crippen molar-refractivity contribution in [2.75, 3.05) is 19.7 Å². The molecule has 6 atom stereocenters. The summed E-state index contributed by atoms with van der Waals surface area (Å²) in [6.07, 6.45) is 2.53. The number of ether oxygens (including phenoxy) is 1. The normalized spacial score (nSPS) is 37.0. The molecule has 2 bridgehead atoms. The first-order valence-corrected chi connectivity index (χ1v) is 11.3. The maximum Gasteiger partial charge on any atom is 0.246 e. The number of nitrogens with zero attached hydrogens (tertiary/aromatic N) is 1. The molecule has 3 fully saturated rings. The van der Waals surface area contributed by atoms with Gasteiger partial charge in [0.15, 0.2) is 0 Å². The third kappa shape index (κ3) is 3.42. The Morgan fingerprint density at radius 3 is 2.60 bits per heavy atom. The van der Waals surface area contributed by atoms with Crippen LogP contribution in [0.4, 0.5) is 0 Å². The lowest BCUT2D eigenvalue weighted by molar-refractivity contribution is -0.147. The minimum absolute atomic E-state index is 0.0348. The summed E-state index contributed by atoms with van der Waals surface area (Å²) in [4.78, 5) is 41.7. The van der Waals surface area contributed by atoms with Gasteiger partial charge in [-0.1, -0.05) is 13.8 Å². The molecule has 3 heterocycles. The molecule has 3 N–H and O–H groups in total. The van der Waals surface area contributed by atoms with Gasteiger partial charge in [0.25, 0.3) is 0 Å². The van der Waals surface area contributed by atoms with Crippen molar-refractivity contribution >= 4 is 17.7 Å². The molecule has 8 heteroatoms. The first-order chi connectivity index (χ1) is 14.1. The van der Waals surface area contributed by atoms with Crippen molar-refractivity contribution in [3.8, 4) is 0 Å². The van der Waals surface area contributed by atoms with Crippen LogP contribution in [0.15, 0.2) is 0 Å². The van der Waals surface area contributed by atoms with Gasteiger partial charge in [-0.25, -0.2) is 0 Å². The fraction of sp³-hybridized carbons (Fsp3) is 0.864. The molecular formula is C22H37N3O5. The van der Waals surface area contributed by atoms with Gasteiger partial charge in [0.1, 0.15) is 11.6 Å². The molecule has 3 aliphatic heterocycles. The number of carbonyl (C=O) groups is 3. The van der Waals surface area contributed by atoms with E-state index in [1.54, 1.807) is 4.90 Å². The Bertz CT molecular complexity index is 698. The summed E-state index contributed by atoms with van der Waals surface area (Å²) in [5.74, 6) is -1.79. The lowest BCUT2D eigenvalue weighted by Gasteiger charge is -2.36. The van der Waals surface area contributed by atoms with Crippen molar-refractivity contribution in [2.24, 2.45) is 17.8 Å². The zero-order valence-electron chi connectivity index (χ0n) is 18.9. The standard InChI is InChI=1S/C22H37N3O5/c1-6-9-23-18(27)15-16-20(29)25(10-7-8-11-26)17(19(28)24-13(2)3)22(16)12-14(4)21(15,5)30-22/h13-17,26H,6-12H2,1-5H3,(H,23,27)(H,24,28)/t14?,15-,16-,17?,21+,22?/m0/s1. The topological polar surface area (TPSA) is 108 Å². The van der Waals surface area contributed by atoms with Crippen molar-refractivity contribution in [1.82, 2.24) is 15.5 Å². The molecule has 3 unspecified atom stereocenters. The predicted molar refractivity (Wildman–Crippen MR) is 111 cm³/mol. The Kier molecular flexibility index (Phi) is 6.49. The summed E-state index contributed by atoms with van der Waals surface area (Å²) in [6.45, 7) is 10.7. The van der Waals surface area contributed by atoms with Gasteiger partial charge in [0, 0.05) is 25.7 Å². The van der Waals surface area contributed by atoms with Gasteiger partial charge in [-0.2, -0.15) is 0 Å². The minimum Gasteiger partial charge on any atom is -0.396 e. The summed E-state index contributed by atoms with van der Waals surface area (Å²) in [7, 11) is 0. The van der Waals surface area contributed by atoms with Gasteiger partial charge in [-0.05, 0) is 52.4 Å². The zero-order chi connectivity index (χ0) is 22.3. The molecule has 0 aromatic carbocycles. The van der Waals surface area contributed by atoms with E-state index in [1.807, 2.05) is 34.6 Å². The van der Waals surface area contributed by atoms with Crippen LogP contribution < -0.4 is 10.6 Å². The van der Waals surface area contributed by atoms with Crippen LogP contribution in [-0.2, 0) is 19.1 Å². The number of aliphatic hydroxyl groups is 1. The van der Waals surface area contributed by atoms with E-state index in [0.717, 1.165) is 6.42 Å². The van der Waals surface area contributed by atoms with Gasteiger partial charge in [-0.3, -0.25) is 14.4 Å². The van der Waals surface area contributed by atoms with Crippen LogP contribution >= 0.6 is 0 Å². The van der Waals surface area contributed by atoms with Gasteiger partial charge < -0.3 is 25.4 Å². The summed E-state index contributed by atoms with van der Waals surface area (Å²) in [6, 6.07) is -0.832. The fourth-order valence-electron chi connectivity index (χ4n) is 5.80. The number of aliphatic hydroxyl groups excluding tert-OH is 1. The van der Waals surface area contributed by atoms with Crippen LogP contribution in [0.1, 0.15) is 60.3 Å². The summed E-state index contributed by atoms with van der Waals surface area (Å²) < 4.78 is 6.59. The van der Waals surface area contributed by atoms with Gasteiger partial charge >= 0.3 is 0 Å². The highest BCUT2D eigenvalue weighted by Crippen LogP contribution is 2.65. The third-order valence-electron chi connectivity index (χ3n) is 7.13. The average Bonchev–Trinajstić information content (AvgIpc) is 3.17. The maximum absolute atomic E-state index is 13.6. The van der Waals surface area contributed by atoms with Crippen molar-refractivity contribution in [2.45, 2.75) is 83.6 Å². The summed E-state index contributed by atoms with van der Waals surface area (Å²) in [5, 5.41) is 15.1. The number of hydrogen-bond donors (Lipinski definition) is 3. The van der Waals surface area contributed by atoms with Gasteiger partial charge in [0.2, 0.25) is 17.7 Å². The van der Waals surface area contributed by atoms with E-state index in [4.69, 9.17) is 4.74 Å². The number of rotatable bonds is 9. The Balaban J connectivity index is 2.01. The third-order valence-corrected chi connectivity index (χ3v) is 7.13. The highest BCUT2D eigenvalue weighted by molar-refractivity contribution is 5.99. The highest BCUT2D eigenvalue weighted by atomic mass is 16.5. The molecule has 30 heavy (non-hydrogen) atoms. The second-order valence-electron chi connectivity index (χ2n) is 9.62. The van der Waals surface area contributed by atoms with E-state index in [2.05, 4.69) is 10.6 Å². The molecule has 0 aliphatic carbocycles. The zero-order valence-corrected chi connectivity index (χ0v) is 18.9. The Hall–Kier alpha value is -1.67. The van der Waals surface area contributed by atoms with Crippen molar-refractivity contribution in [1.29, 1.82) is 0 Å². The number of nitrogens with one attached hydrogen (secondary N) is 2. The van der Waals surface area contributed by atoms with E-state index in [9.17, 15) is 19.5 Å². The fourth-order valence-corrected chi connectivity index (χ4v) is 5.80. The first-order valence-electron chi connectivity index (χ1n) is 11.3. The lowest BCUT2D eigenvalue weighted by atomic mass is 9.62. The molecule has 3 amide bonds. The maximum atomic E-state index is 13.6. The van der Waals surface area contributed by atoms with E-state index < -0.39 is 29.1 Å². The number of likely N-dealkylation sites (tertiary alicyclic amines) is 1. The van der Waals surface area contributed by atoms with E-state index in [-0.39, 0.29) is 36.3 Å². The second-order valence-corrected chi connectivity index (χ2v) is 9.62. The number of carbonyl (C=O) groups excluding carboxylic acids is 3. The Morgan fingerprint density at radius 1 is 1.30 bits per heavy atom. The molecule has 8 nitrogen and oxygen atoms in total. The SMILES string of the molecule is CCCNC(=O)[C@@H]1[C@H]2C(=O)N(CCCCO)C(C(=O)NC(C)C)C23CC(C)[C@@]1(C)O3. The summed E-state index contributed by atoms with van der Waals surface area (Å²) in [5.41, 5.74) is -1.76. The van der Waals surface area contributed by atoms with E-state index >= 15 is 0 Å². The van der Waals surface area contributed by atoms with Crippen molar-refractivity contribution in [3.63, 3.8) is 0 Å². The lowest BCUT2D eigenvalue weighted by Crippen LogP contribution is -2.56. The van der Waals surface area contributed by atoms with Crippen LogP contribution in [0.5, 0.6) is 0 Å². The number of hydrogen-bond acceptors (Lipinski definition) is 5. The van der Waals surface area contributed by atoms with Crippen LogP contribution in [0, 0.1) is 17.8 Å². The quantitative estimate of drug-likeness (QED) is 0.476. The molecule has 3 aliphatic rings. The largest absolute Gasteiger partial charge is 0.396 e. The molecule has 0 saturated carbocycles. The second kappa shape index (κ2) is 8.46. The molecule has 0 aromatic rings. The predicted octanol–water partition coefficient (Wildman–Crippen LogP) is 0.820. The number of unbranched alkanes of at least 4 members (excludes halogenated alkanes) is 1. The minimum atomic E-state index is -0.988. The van der Waals surface area contributed by atoms with Crippen molar-refractivity contribution in [3.05, 3.63) is 0 Å². The number of amides is 3. The summed E-state index contributed by atoms with van der Waals surface area (Å²) >= 11 is 0. The molecule has 170 valence electrons. The molecule has 3 rings (SSSR count). The smallest absolute Gasteiger partial charge is 0.246 e. The first kappa shape index (κ1) is 23.0. The van der Waals surface area contributed by atoms with Gasteiger partial charge in [-0.15, -0.1) is 0 Å². The van der Waals surface area contributed by atoms with E-state index in [0.29, 0.717) is 32.4 Å². The highest BCUT2D eigenvalue weighted by Gasteiger charge is 2.79. The molecule has 0 aromatic heterocycles. The monoisotopic (exact) mass is 423 g/mol. The Morgan fingerprint density at radius 2 is 2.00 bits per heavy atom. The Labute approximate surface area is 179 Å². The van der Waals surface area contributed by atoms with Crippen LogP contribution in [0.3, 0.4) is 0 Å². The van der Waals surface area contributed by atoms with Crippen LogP contribution in [0.25, 0.3) is 0 Å². The average molecular weight is 424 g/mol. The van der Waals surface area contributed by atoms with Gasteiger partial charge in [0.05, 0.1) is 17.4 Å². The number of fused-ring (bicyclic) bond motifs is 1. The van der Waals surface area contributed by atoms with Crippen LogP contribution in [0.2, 0.25) is 0 Å². The van der Waals surface area contributed by atoms with Crippen molar-refractivity contribution < 1.29 is 24.2 Å². The van der Waals surface area contributed by atoms with E-state index in [1.165, 1.54) is 0 Å². The molecular weight excluding hydrogens is 386 g/mol.